The van der Waals surface area contributed by atoms with Crippen molar-refractivity contribution in [1.82, 2.24) is 9.97 Å². The van der Waals surface area contributed by atoms with E-state index in [9.17, 15) is 0 Å². The van der Waals surface area contributed by atoms with Crippen molar-refractivity contribution in [3.05, 3.63) is 17.0 Å². The van der Waals surface area contributed by atoms with Crippen LogP contribution in [0.4, 0.5) is 5.82 Å². The Morgan fingerprint density at radius 2 is 2.06 bits per heavy atom. The third-order valence-electron chi connectivity index (χ3n) is 3.57. The van der Waals surface area contributed by atoms with Crippen LogP contribution < -0.4 is 5.32 Å². The molecule has 0 radical (unpaired) electrons. The molecule has 1 saturated carbocycles. The molecule has 0 amide bonds. The summed E-state index contributed by atoms with van der Waals surface area (Å²) in [5, 5.41) is 4.01. The Balaban J connectivity index is 2.05. The maximum absolute atomic E-state index is 5.94. The zero-order chi connectivity index (χ0) is 12.4. The highest BCUT2D eigenvalue weighted by Gasteiger charge is 2.25. The number of nitrogens with one attached hydrogen (secondary N) is 1. The molecule has 0 aromatic carbocycles. The molecule has 0 aliphatic heterocycles. The number of halogens is 1. The normalized spacial score (nSPS) is 29.1. The first-order valence-electron chi connectivity index (χ1n) is 6.32. The van der Waals surface area contributed by atoms with Crippen molar-refractivity contribution in [3.8, 4) is 0 Å². The van der Waals surface area contributed by atoms with Gasteiger partial charge in [0.1, 0.15) is 16.8 Å². The summed E-state index contributed by atoms with van der Waals surface area (Å²) in [6.07, 6.45) is 3.79. The fourth-order valence-electron chi connectivity index (χ4n) is 2.67. The lowest BCUT2D eigenvalue weighted by Gasteiger charge is -2.33. The van der Waals surface area contributed by atoms with Gasteiger partial charge in [0.15, 0.2) is 0 Å². The lowest BCUT2D eigenvalue weighted by molar-refractivity contribution is 0.276. The largest absolute Gasteiger partial charge is 0.367 e. The maximum atomic E-state index is 5.94. The molecule has 1 aliphatic carbocycles. The molecule has 0 spiro atoms. The molecule has 3 atom stereocenters. The molecule has 17 heavy (non-hydrogen) atoms. The van der Waals surface area contributed by atoms with Gasteiger partial charge in [-0.3, -0.25) is 0 Å². The maximum Gasteiger partial charge on any atom is 0.134 e. The van der Waals surface area contributed by atoms with Gasteiger partial charge in [0.05, 0.1) is 0 Å². The van der Waals surface area contributed by atoms with E-state index in [0.29, 0.717) is 17.1 Å². The summed E-state index contributed by atoms with van der Waals surface area (Å²) < 4.78 is 0. The summed E-state index contributed by atoms with van der Waals surface area (Å²) in [6, 6.07) is 2.32. The van der Waals surface area contributed by atoms with Crippen molar-refractivity contribution in [3.63, 3.8) is 0 Å². The van der Waals surface area contributed by atoms with Crippen LogP contribution in [-0.4, -0.2) is 16.0 Å². The molecule has 1 aromatic heterocycles. The molecule has 0 saturated heterocycles. The van der Waals surface area contributed by atoms with Crippen LogP contribution >= 0.6 is 11.6 Å². The Morgan fingerprint density at radius 3 is 2.71 bits per heavy atom. The molecule has 3 nitrogen and oxygen atoms in total. The standard InChI is InChI=1S/C13H20ClN3/c1-8-4-5-11(9(2)6-8)17-13-7-12(14)15-10(3)16-13/h7-9,11H,4-6H2,1-3H3,(H,15,16,17). The van der Waals surface area contributed by atoms with Crippen LogP contribution in [0.15, 0.2) is 6.07 Å². The van der Waals surface area contributed by atoms with Gasteiger partial charge < -0.3 is 5.32 Å². The average molecular weight is 254 g/mol. The van der Waals surface area contributed by atoms with E-state index < -0.39 is 0 Å². The zero-order valence-electron chi connectivity index (χ0n) is 10.7. The molecular formula is C13H20ClN3. The molecule has 1 aliphatic rings. The minimum atomic E-state index is 0.511. The summed E-state index contributed by atoms with van der Waals surface area (Å²) in [5.41, 5.74) is 0. The summed E-state index contributed by atoms with van der Waals surface area (Å²) in [7, 11) is 0. The molecule has 4 heteroatoms. The molecule has 94 valence electrons. The summed E-state index contributed by atoms with van der Waals surface area (Å²) in [4.78, 5) is 8.45. The second kappa shape index (κ2) is 5.21. The third-order valence-corrected chi connectivity index (χ3v) is 3.77. The Labute approximate surface area is 108 Å². The SMILES string of the molecule is Cc1nc(Cl)cc(NC2CCC(C)CC2C)n1. The Kier molecular flexibility index (Phi) is 3.87. The van der Waals surface area contributed by atoms with E-state index in [4.69, 9.17) is 11.6 Å². The van der Waals surface area contributed by atoms with Gasteiger partial charge in [0.25, 0.3) is 0 Å². The zero-order valence-corrected chi connectivity index (χ0v) is 11.5. The highest BCUT2D eigenvalue weighted by molar-refractivity contribution is 6.29. The van der Waals surface area contributed by atoms with Gasteiger partial charge in [-0.15, -0.1) is 0 Å². The molecule has 3 unspecified atom stereocenters. The smallest absolute Gasteiger partial charge is 0.134 e. The number of hydrogen-bond acceptors (Lipinski definition) is 3. The van der Waals surface area contributed by atoms with Gasteiger partial charge in [-0.1, -0.05) is 25.4 Å². The number of anilines is 1. The van der Waals surface area contributed by atoms with Crippen LogP contribution in [0.1, 0.15) is 38.9 Å². The predicted octanol–water partition coefficient (Wildman–Crippen LogP) is 3.68. The number of aromatic nitrogens is 2. The fraction of sp³-hybridized carbons (Fsp3) is 0.692. The summed E-state index contributed by atoms with van der Waals surface area (Å²) in [6.45, 7) is 6.50. The van der Waals surface area contributed by atoms with Gasteiger partial charge in [0, 0.05) is 12.1 Å². The Bertz CT molecular complexity index is 374. The minimum absolute atomic E-state index is 0.511. The first kappa shape index (κ1) is 12.6. The van der Waals surface area contributed by atoms with Gasteiger partial charge in [-0.25, -0.2) is 9.97 Å². The molecule has 1 N–H and O–H groups in total. The van der Waals surface area contributed by atoms with Crippen LogP contribution in [-0.2, 0) is 0 Å². The fourth-order valence-corrected chi connectivity index (χ4v) is 2.90. The molecule has 2 rings (SSSR count). The highest BCUT2D eigenvalue weighted by atomic mass is 35.5. The van der Waals surface area contributed by atoms with Crippen molar-refractivity contribution in [1.29, 1.82) is 0 Å². The lowest BCUT2D eigenvalue weighted by atomic mass is 9.80. The van der Waals surface area contributed by atoms with E-state index in [2.05, 4.69) is 29.1 Å². The van der Waals surface area contributed by atoms with E-state index in [0.717, 1.165) is 17.6 Å². The van der Waals surface area contributed by atoms with Crippen molar-refractivity contribution in [2.45, 2.75) is 46.1 Å². The molecule has 1 fully saturated rings. The van der Waals surface area contributed by atoms with Crippen molar-refractivity contribution >= 4 is 17.4 Å². The van der Waals surface area contributed by atoms with Crippen LogP contribution in [0.25, 0.3) is 0 Å². The van der Waals surface area contributed by atoms with Gasteiger partial charge in [-0.05, 0) is 38.0 Å². The second-order valence-corrected chi connectivity index (χ2v) is 5.66. The summed E-state index contributed by atoms with van der Waals surface area (Å²) in [5.74, 6) is 3.11. The number of nitrogens with zero attached hydrogens (tertiary/aromatic N) is 2. The van der Waals surface area contributed by atoms with Gasteiger partial charge >= 0.3 is 0 Å². The number of hydrogen-bond donors (Lipinski definition) is 1. The second-order valence-electron chi connectivity index (χ2n) is 5.27. The van der Waals surface area contributed by atoms with E-state index >= 15 is 0 Å². The van der Waals surface area contributed by atoms with Crippen molar-refractivity contribution in [2.75, 3.05) is 5.32 Å². The third kappa shape index (κ3) is 3.32. The minimum Gasteiger partial charge on any atom is -0.367 e. The lowest BCUT2D eigenvalue weighted by Crippen LogP contribution is -2.33. The summed E-state index contributed by atoms with van der Waals surface area (Å²) >= 11 is 5.94. The van der Waals surface area contributed by atoms with Crippen LogP contribution in [0.3, 0.4) is 0 Å². The van der Waals surface area contributed by atoms with Crippen LogP contribution in [0.2, 0.25) is 5.15 Å². The van der Waals surface area contributed by atoms with E-state index in [-0.39, 0.29) is 0 Å². The van der Waals surface area contributed by atoms with Gasteiger partial charge in [-0.2, -0.15) is 0 Å². The van der Waals surface area contributed by atoms with Crippen molar-refractivity contribution < 1.29 is 0 Å². The van der Waals surface area contributed by atoms with Crippen molar-refractivity contribution in [2.24, 2.45) is 11.8 Å². The van der Waals surface area contributed by atoms with Crippen LogP contribution in [0.5, 0.6) is 0 Å². The first-order valence-corrected chi connectivity index (χ1v) is 6.70. The first-order chi connectivity index (χ1) is 8.04. The molecule has 1 aromatic rings. The Hall–Kier alpha value is -0.830. The predicted molar refractivity (Wildman–Crippen MR) is 71.4 cm³/mol. The average Bonchev–Trinajstić information content (AvgIpc) is 2.21. The molecule has 0 bridgehead atoms. The quantitative estimate of drug-likeness (QED) is 0.818. The number of aryl methyl sites for hydroxylation is 1. The van der Waals surface area contributed by atoms with E-state index in [1.54, 1.807) is 6.07 Å². The van der Waals surface area contributed by atoms with E-state index in [1.165, 1.54) is 19.3 Å². The van der Waals surface area contributed by atoms with Crippen LogP contribution in [0, 0.1) is 18.8 Å². The molecule has 1 heterocycles. The number of rotatable bonds is 2. The van der Waals surface area contributed by atoms with Gasteiger partial charge in [0.2, 0.25) is 0 Å². The monoisotopic (exact) mass is 253 g/mol. The molecular weight excluding hydrogens is 234 g/mol. The Morgan fingerprint density at radius 1 is 1.29 bits per heavy atom. The topological polar surface area (TPSA) is 37.8 Å². The van der Waals surface area contributed by atoms with E-state index in [1.807, 2.05) is 6.92 Å². The highest BCUT2D eigenvalue weighted by Crippen LogP contribution is 2.30.